The van der Waals surface area contributed by atoms with Gasteiger partial charge in [0.1, 0.15) is 0 Å². The van der Waals surface area contributed by atoms with Crippen LogP contribution in [0.5, 0.6) is 0 Å². The summed E-state index contributed by atoms with van der Waals surface area (Å²) in [6.07, 6.45) is -0.129. The molecule has 0 bridgehead atoms. The molecule has 91 valence electrons. The highest BCUT2D eigenvalue weighted by atomic mass is 32.2. The van der Waals surface area contributed by atoms with Gasteiger partial charge in [-0.3, -0.25) is 9.11 Å². The largest absolute Gasteiger partial charge is 0.284 e. The van der Waals surface area contributed by atoms with Gasteiger partial charge in [-0.15, -0.1) is 0 Å². The fourth-order valence-electron chi connectivity index (χ4n) is 0.971. The summed E-state index contributed by atoms with van der Waals surface area (Å²) in [4.78, 5) is 0. The molecule has 0 heterocycles. The monoisotopic (exact) mass is 260 g/mol. The summed E-state index contributed by atoms with van der Waals surface area (Å²) in [6, 6.07) is 0. The van der Waals surface area contributed by atoms with E-state index in [1.54, 1.807) is 0 Å². The second-order valence-electron chi connectivity index (χ2n) is 2.90. The number of rotatable bonds is 6. The van der Waals surface area contributed by atoms with Crippen LogP contribution >= 0.6 is 0 Å². The molecular weight excluding hydrogens is 246 g/mol. The predicted octanol–water partition coefficient (Wildman–Crippen LogP) is -0.161. The van der Waals surface area contributed by atoms with Crippen molar-refractivity contribution in [3.63, 3.8) is 0 Å². The van der Waals surface area contributed by atoms with Gasteiger partial charge in [0.2, 0.25) is 0 Å². The van der Waals surface area contributed by atoms with Crippen molar-refractivity contribution in [1.29, 1.82) is 0 Å². The summed E-state index contributed by atoms with van der Waals surface area (Å²) in [5.41, 5.74) is 0. The molecule has 7 nitrogen and oxygen atoms in total. The lowest BCUT2D eigenvalue weighted by molar-refractivity contribution is 0.412. The van der Waals surface area contributed by atoms with Gasteiger partial charge in [0, 0.05) is 0 Å². The number of hydrogen-bond acceptors (Lipinski definition) is 4. The van der Waals surface area contributed by atoms with Crippen LogP contribution in [0.1, 0.15) is 26.7 Å². The van der Waals surface area contributed by atoms with Gasteiger partial charge in [0.15, 0.2) is 10.7 Å². The third kappa shape index (κ3) is 4.89. The maximum Gasteiger partial charge on any atom is 0.282 e. The molecule has 0 saturated heterocycles. The first-order chi connectivity index (χ1) is 6.62. The first-order valence-electron chi connectivity index (χ1n) is 4.25. The van der Waals surface area contributed by atoms with E-state index in [9.17, 15) is 16.8 Å². The molecule has 1 radical (unpaired) electrons. The molecule has 0 aliphatic heterocycles. The molecule has 0 saturated carbocycles. The van der Waals surface area contributed by atoms with E-state index >= 15 is 0 Å². The molecule has 0 aliphatic rings. The summed E-state index contributed by atoms with van der Waals surface area (Å²) in [6.45, 7) is 2.86. The molecule has 0 aromatic carbocycles. The van der Waals surface area contributed by atoms with Gasteiger partial charge in [-0.05, 0) is 12.8 Å². The minimum atomic E-state index is -4.42. The fraction of sp³-hybridized carbons (Fsp3) is 1.00. The van der Waals surface area contributed by atoms with E-state index in [1.165, 1.54) is 13.8 Å². The Kier molecular flexibility index (Phi) is 5.14. The Labute approximate surface area is 89.4 Å². The summed E-state index contributed by atoms with van der Waals surface area (Å²) >= 11 is 0. The van der Waals surface area contributed by atoms with Gasteiger partial charge in [0.05, 0.1) is 0 Å². The Bertz CT molecular complexity index is 348. The van der Waals surface area contributed by atoms with Crippen LogP contribution in [0.3, 0.4) is 0 Å². The van der Waals surface area contributed by atoms with E-state index in [1.807, 2.05) is 0 Å². The maximum atomic E-state index is 10.7. The Morgan fingerprint density at radius 2 is 1.20 bits per heavy atom. The highest BCUT2D eigenvalue weighted by Gasteiger charge is 2.30. The van der Waals surface area contributed by atoms with Crippen molar-refractivity contribution < 1.29 is 25.9 Å². The molecule has 15 heavy (non-hydrogen) atoms. The van der Waals surface area contributed by atoms with Crippen LogP contribution in [0, 0.1) is 0 Å². The second-order valence-corrected chi connectivity index (χ2v) is 6.05. The van der Waals surface area contributed by atoms with Crippen molar-refractivity contribution in [3.8, 4) is 0 Å². The predicted molar refractivity (Wildman–Crippen MR) is 53.4 cm³/mol. The Morgan fingerprint density at radius 1 is 0.933 bits per heavy atom. The lowest BCUT2D eigenvalue weighted by Crippen LogP contribution is -2.40. The van der Waals surface area contributed by atoms with Crippen molar-refractivity contribution in [1.82, 2.24) is 5.32 Å². The van der Waals surface area contributed by atoms with Crippen molar-refractivity contribution >= 4 is 20.2 Å². The van der Waals surface area contributed by atoms with Gasteiger partial charge in [-0.1, -0.05) is 13.8 Å². The average molecular weight is 260 g/mol. The molecular formula is C6H14NO6S2. The second kappa shape index (κ2) is 5.21. The zero-order valence-electron chi connectivity index (χ0n) is 8.36. The summed E-state index contributed by atoms with van der Waals surface area (Å²) in [7, 11) is -8.85. The molecule has 9 heteroatoms. The van der Waals surface area contributed by atoms with E-state index in [4.69, 9.17) is 9.11 Å². The number of nitrogens with zero attached hydrogens (tertiary/aromatic N) is 1. The van der Waals surface area contributed by atoms with Crippen molar-refractivity contribution in [2.45, 2.75) is 37.4 Å². The minimum absolute atomic E-state index is 0.0646. The van der Waals surface area contributed by atoms with Crippen molar-refractivity contribution in [3.05, 3.63) is 0 Å². The standard InChI is InChI=1S/C6H14NO6S2/c1-3-5(14(8,9)10)7-6(4-2)15(11,12)13/h5-6H,3-4H2,1-2H3,(H,8,9,10)(H,11,12,13). The lowest BCUT2D eigenvalue weighted by Gasteiger charge is -2.17. The van der Waals surface area contributed by atoms with E-state index in [2.05, 4.69) is 5.32 Å². The summed E-state index contributed by atoms with van der Waals surface area (Å²) < 4.78 is 60.3. The van der Waals surface area contributed by atoms with Crippen LogP contribution in [0.2, 0.25) is 0 Å². The van der Waals surface area contributed by atoms with Gasteiger partial charge in [0.25, 0.3) is 20.2 Å². The molecule has 0 spiro atoms. The van der Waals surface area contributed by atoms with E-state index in [0.29, 0.717) is 0 Å². The van der Waals surface area contributed by atoms with Gasteiger partial charge in [-0.2, -0.15) is 22.2 Å². The van der Waals surface area contributed by atoms with Crippen molar-refractivity contribution in [2.75, 3.05) is 0 Å². The normalized spacial score (nSPS) is 17.3. The SMILES string of the molecule is CCC([N]C(CC)S(=O)(=O)O)S(=O)(=O)O. The van der Waals surface area contributed by atoms with Crippen LogP contribution in [0.15, 0.2) is 0 Å². The van der Waals surface area contributed by atoms with Crippen LogP contribution in [0.4, 0.5) is 0 Å². The third-order valence-corrected chi connectivity index (χ3v) is 4.00. The molecule has 0 fully saturated rings. The molecule has 0 amide bonds. The molecule has 2 N–H and O–H groups in total. The van der Waals surface area contributed by atoms with Crippen LogP contribution in [-0.2, 0) is 20.2 Å². The van der Waals surface area contributed by atoms with Gasteiger partial charge >= 0.3 is 0 Å². The zero-order valence-corrected chi connectivity index (χ0v) is 9.99. The minimum Gasteiger partial charge on any atom is -0.284 e. The van der Waals surface area contributed by atoms with Crippen molar-refractivity contribution in [2.24, 2.45) is 0 Å². The molecule has 2 atom stereocenters. The Balaban J connectivity index is 4.83. The van der Waals surface area contributed by atoms with E-state index < -0.39 is 31.0 Å². The molecule has 0 aromatic rings. The maximum absolute atomic E-state index is 10.7. The fourth-order valence-corrected chi connectivity index (χ4v) is 2.49. The summed E-state index contributed by atoms with van der Waals surface area (Å²) in [5, 5.41) is 0.332. The Hall–Kier alpha value is -0.220. The first kappa shape index (κ1) is 14.8. The molecule has 2 unspecified atom stereocenters. The average Bonchev–Trinajstić information content (AvgIpc) is 2.01. The highest BCUT2D eigenvalue weighted by molar-refractivity contribution is 7.87. The topological polar surface area (TPSA) is 123 Å². The quantitative estimate of drug-likeness (QED) is 0.639. The van der Waals surface area contributed by atoms with Gasteiger partial charge < -0.3 is 0 Å². The smallest absolute Gasteiger partial charge is 0.282 e. The number of hydrogen-bond donors (Lipinski definition) is 2. The van der Waals surface area contributed by atoms with Crippen LogP contribution < -0.4 is 5.32 Å². The Morgan fingerprint density at radius 3 is 1.33 bits per heavy atom. The first-order valence-corrected chi connectivity index (χ1v) is 7.26. The molecule has 0 rings (SSSR count). The van der Waals surface area contributed by atoms with Gasteiger partial charge in [-0.25, -0.2) is 0 Å². The summed E-state index contributed by atoms with van der Waals surface area (Å²) in [5.74, 6) is 0. The lowest BCUT2D eigenvalue weighted by atomic mass is 10.4. The molecule has 0 aromatic heterocycles. The molecule has 0 aliphatic carbocycles. The van der Waals surface area contributed by atoms with Crippen LogP contribution in [-0.4, -0.2) is 36.7 Å². The highest BCUT2D eigenvalue weighted by Crippen LogP contribution is 2.09. The van der Waals surface area contributed by atoms with E-state index in [-0.39, 0.29) is 12.8 Å². The van der Waals surface area contributed by atoms with E-state index in [0.717, 1.165) is 0 Å². The zero-order chi connectivity index (χ0) is 12.3. The van der Waals surface area contributed by atoms with Crippen LogP contribution in [0.25, 0.3) is 0 Å². The third-order valence-electron chi connectivity index (χ3n) is 1.72.